The first-order chi connectivity index (χ1) is 9.85. The van der Waals surface area contributed by atoms with Crippen molar-refractivity contribution in [3.63, 3.8) is 0 Å². The Bertz CT molecular complexity index is 510. The molecule has 0 atom stereocenters. The second-order valence-electron chi connectivity index (χ2n) is 6.28. The van der Waals surface area contributed by atoms with Gasteiger partial charge in [-0.2, -0.15) is 5.10 Å². The smallest absolute Gasteiger partial charge is 0.274 e. The van der Waals surface area contributed by atoms with Crippen molar-refractivity contribution in [2.45, 2.75) is 47.6 Å². The molecule has 0 bridgehead atoms. The number of aryl methyl sites for hydroxylation is 1. The van der Waals surface area contributed by atoms with Gasteiger partial charge in [-0.25, -0.2) is 4.68 Å². The molecule has 0 fully saturated rings. The van der Waals surface area contributed by atoms with Gasteiger partial charge in [0.05, 0.1) is 0 Å². The van der Waals surface area contributed by atoms with Crippen molar-refractivity contribution >= 4 is 5.91 Å². The van der Waals surface area contributed by atoms with Gasteiger partial charge in [-0.1, -0.05) is 34.6 Å². The molecule has 1 rings (SSSR count). The molecule has 0 radical (unpaired) electrons. The van der Waals surface area contributed by atoms with Crippen LogP contribution in [0.25, 0.3) is 0 Å². The van der Waals surface area contributed by atoms with Gasteiger partial charge in [-0.3, -0.25) is 9.59 Å². The molecule has 5 nitrogen and oxygen atoms in total. The predicted molar refractivity (Wildman–Crippen MR) is 84.4 cm³/mol. The van der Waals surface area contributed by atoms with E-state index < -0.39 is 0 Å². The van der Waals surface area contributed by atoms with E-state index in [9.17, 15) is 9.59 Å². The third-order valence-electron chi connectivity index (χ3n) is 2.98. The highest BCUT2D eigenvalue weighted by molar-refractivity contribution is 5.92. The first-order valence-electron chi connectivity index (χ1n) is 7.72. The van der Waals surface area contributed by atoms with Gasteiger partial charge >= 0.3 is 0 Å². The van der Waals surface area contributed by atoms with Crippen molar-refractivity contribution in [2.75, 3.05) is 13.1 Å². The average molecular weight is 293 g/mol. The first-order valence-corrected chi connectivity index (χ1v) is 7.72. The molecule has 21 heavy (non-hydrogen) atoms. The van der Waals surface area contributed by atoms with Crippen LogP contribution in [0.5, 0.6) is 0 Å². The van der Waals surface area contributed by atoms with Gasteiger partial charge in [0.1, 0.15) is 5.69 Å². The van der Waals surface area contributed by atoms with Crippen LogP contribution in [0.2, 0.25) is 0 Å². The van der Waals surface area contributed by atoms with E-state index in [0.29, 0.717) is 37.2 Å². The second-order valence-corrected chi connectivity index (χ2v) is 6.28. The van der Waals surface area contributed by atoms with E-state index in [1.165, 1.54) is 16.8 Å². The Morgan fingerprint density at radius 1 is 1.19 bits per heavy atom. The van der Waals surface area contributed by atoms with E-state index >= 15 is 0 Å². The zero-order valence-corrected chi connectivity index (χ0v) is 13.8. The predicted octanol–water partition coefficient (Wildman–Crippen LogP) is 2.41. The minimum absolute atomic E-state index is 0.0951. The summed E-state index contributed by atoms with van der Waals surface area (Å²) in [6.07, 6.45) is 0.812. The maximum absolute atomic E-state index is 12.6. The molecule has 0 aromatic carbocycles. The molecule has 0 saturated carbocycles. The lowest BCUT2D eigenvalue weighted by molar-refractivity contribution is 0.0706. The SMILES string of the molecule is CCCn1nc(C(=O)N(CC(C)C)CC(C)C)ccc1=O. The van der Waals surface area contributed by atoms with Crippen molar-refractivity contribution in [3.8, 4) is 0 Å². The lowest BCUT2D eigenvalue weighted by Crippen LogP contribution is -2.38. The third kappa shape index (κ3) is 5.33. The molecule has 0 spiro atoms. The molecular weight excluding hydrogens is 266 g/mol. The quantitative estimate of drug-likeness (QED) is 0.775. The fourth-order valence-corrected chi connectivity index (χ4v) is 2.22. The summed E-state index contributed by atoms with van der Waals surface area (Å²) in [7, 11) is 0. The Labute approximate surface area is 127 Å². The van der Waals surface area contributed by atoms with E-state index in [0.717, 1.165) is 6.42 Å². The fraction of sp³-hybridized carbons (Fsp3) is 0.688. The number of hydrogen-bond donors (Lipinski definition) is 0. The van der Waals surface area contributed by atoms with Crippen LogP contribution in [0.4, 0.5) is 0 Å². The highest BCUT2D eigenvalue weighted by atomic mass is 16.2. The van der Waals surface area contributed by atoms with Crippen LogP contribution in [-0.2, 0) is 6.54 Å². The summed E-state index contributed by atoms with van der Waals surface area (Å²) in [5.41, 5.74) is 0.192. The molecule has 1 heterocycles. The highest BCUT2D eigenvalue weighted by Crippen LogP contribution is 2.08. The van der Waals surface area contributed by atoms with E-state index in [4.69, 9.17) is 0 Å². The van der Waals surface area contributed by atoms with Gasteiger partial charge in [0.15, 0.2) is 0 Å². The molecule has 0 aliphatic rings. The number of hydrogen-bond acceptors (Lipinski definition) is 3. The van der Waals surface area contributed by atoms with Crippen molar-refractivity contribution in [2.24, 2.45) is 11.8 Å². The lowest BCUT2D eigenvalue weighted by Gasteiger charge is -2.26. The van der Waals surface area contributed by atoms with Gasteiger partial charge in [-0.05, 0) is 24.3 Å². The molecule has 0 N–H and O–H groups in total. The maximum atomic E-state index is 12.6. The monoisotopic (exact) mass is 293 g/mol. The summed E-state index contributed by atoms with van der Waals surface area (Å²) in [4.78, 5) is 26.1. The zero-order valence-electron chi connectivity index (χ0n) is 13.8. The summed E-state index contributed by atoms with van der Waals surface area (Å²) in [6, 6.07) is 2.96. The van der Waals surface area contributed by atoms with E-state index in [1.807, 2.05) is 11.8 Å². The van der Waals surface area contributed by atoms with Gasteiger partial charge in [0.2, 0.25) is 0 Å². The van der Waals surface area contributed by atoms with Crippen LogP contribution in [0, 0.1) is 11.8 Å². The lowest BCUT2D eigenvalue weighted by atomic mass is 10.1. The summed E-state index contributed by atoms with van der Waals surface area (Å²) in [6.45, 7) is 12.3. The first kappa shape index (κ1) is 17.4. The van der Waals surface area contributed by atoms with E-state index in [-0.39, 0.29) is 11.5 Å². The molecule has 0 aliphatic carbocycles. The van der Waals surface area contributed by atoms with Gasteiger partial charge in [0, 0.05) is 25.7 Å². The minimum Gasteiger partial charge on any atom is -0.337 e. The standard InChI is InChI=1S/C16H27N3O2/c1-6-9-19-15(20)8-7-14(17-19)16(21)18(10-12(2)3)11-13(4)5/h7-8,12-13H,6,9-11H2,1-5H3. The number of amides is 1. The Morgan fingerprint density at radius 2 is 1.76 bits per heavy atom. The molecule has 1 aromatic rings. The van der Waals surface area contributed by atoms with E-state index in [2.05, 4.69) is 32.8 Å². The highest BCUT2D eigenvalue weighted by Gasteiger charge is 2.20. The van der Waals surface area contributed by atoms with Gasteiger partial charge in [-0.15, -0.1) is 0 Å². The molecule has 5 heteroatoms. The van der Waals surface area contributed by atoms with Crippen molar-refractivity contribution in [1.29, 1.82) is 0 Å². The summed E-state index contributed by atoms with van der Waals surface area (Å²) >= 11 is 0. The largest absolute Gasteiger partial charge is 0.337 e. The number of carbonyl (C=O) groups is 1. The molecule has 1 aromatic heterocycles. The number of aromatic nitrogens is 2. The Hall–Kier alpha value is -1.65. The van der Waals surface area contributed by atoms with Crippen LogP contribution >= 0.6 is 0 Å². The Morgan fingerprint density at radius 3 is 2.24 bits per heavy atom. The van der Waals surface area contributed by atoms with Crippen molar-refractivity contribution < 1.29 is 4.79 Å². The molecule has 118 valence electrons. The Balaban J connectivity index is 3.02. The number of carbonyl (C=O) groups excluding carboxylic acids is 1. The van der Waals surface area contributed by atoms with Gasteiger partial charge in [0.25, 0.3) is 11.5 Å². The number of nitrogens with zero attached hydrogens (tertiary/aromatic N) is 3. The average Bonchev–Trinajstić information content (AvgIpc) is 2.39. The van der Waals surface area contributed by atoms with E-state index in [1.54, 1.807) is 0 Å². The van der Waals surface area contributed by atoms with Crippen molar-refractivity contribution in [1.82, 2.24) is 14.7 Å². The molecule has 0 saturated heterocycles. The topological polar surface area (TPSA) is 55.2 Å². The third-order valence-corrected chi connectivity index (χ3v) is 2.98. The normalized spacial score (nSPS) is 11.2. The minimum atomic E-state index is -0.160. The molecule has 0 aliphatic heterocycles. The molecular formula is C16H27N3O2. The van der Waals surface area contributed by atoms with Crippen LogP contribution in [-0.4, -0.2) is 33.7 Å². The Kier molecular flexibility index (Phi) is 6.59. The molecule has 0 unspecified atom stereocenters. The van der Waals surface area contributed by atoms with Crippen LogP contribution in [0.1, 0.15) is 51.5 Å². The number of rotatable bonds is 7. The van der Waals surface area contributed by atoms with Crippen LogP contribution in [0.15, 0.2) is 16.9 Å². The summed E-state index contributed by atoms with van der Waals surface area (Å²) in [5.74, 6) is 0.700. The zero-order chi connectivity index (χ0) is 16.0. The maximum Gasteiger partial charge on any atom is 0.274 e. The van der Waals surface area contributed by atoms with Crippen LogP contribution < -0.4 is 5.56 Å². The van der Waals surface area contributed by atoms with Crippen molar-refractivity contribution in [3.05, 3.63) is 28.2 Å². The fourth-order valence-electron chi connectivity index (χ4n) is 2.22. The summed E-state index contributed by atoms with van der Waals surface area (Å²) < 4.78 is 1.37. The molecule has 1 amide bonds. The summed E-state index contributed by atoms with van der Waals surface area (Å²) in [5, 5.41) is 4.21. The van der Waals surface area contributed by atoms with Gasteiger partial charge < -0.3 is 4.90 Å². The second kappa shape index (κ2) is 7.96. The van der Waals surface area contributed by atoms with Crippen LogP contribution in [0.3, 0.4) is 0 Å².